The van der Waals surface area contributed by atoms with Crippen LogP contribution in [0.5, 0.6) is 0 Å². The summed E-state index contributed by atoms with van der Waals surface area (Å²) in [5.41, 5.74) is 0.815. The number of urea groups is 1. The van der Waals surface area contributed by atoms with Crippen molar-refractivity contribution in [2.45, 2.75) is 32.7 Å². The molecule has 1 aromatic rings. The molecule has 0 saturated carbocycles. The molecular weight excluding hydrogens is 290 g/mol. The zero-order valence-electron chi connectivity index (χ0n) is 14.3. The van der Waals surface area contributed by atoms with Crippen molar-refractivity contribution in [3.8, 4) is 0 Å². The number of hydrogen-bond donors (Lipinski definition) is 2. The van der Waals surface area contributed by atoms with Gasteiger partial charge >= 0.3 is 6.03 Å². The predicted molar refractivity (Wildman–Crippen MR) is 93.7 cm³/mol. The van der Waals surface area contributed by atoms with Crippen molar-refractivity contribution in [3.05, 3.63) is 30.3 Å². The molecule has 1 atom stereocenters. The number of hydrogen-bond acceptors (Lipinski definition) is 3. The monoisotopic (exact) mass is 319 g/mol. The van der Waals surface area contributed by atoms with Gasteiger partial charge in [0.05, 0.1) is 13.2 Å². The number of carbonyl (C=O) groups is 1. The van der Waals surface area contributed by atoms with Crippen molar-refractivity contribution in [2.24, 2.45) is 5.92 Å². The minimum Gasteiger partial charge on any atom is -0.379 e. The number of benzene rings is 1. The number of carbonyl (C=O) groups excluding carboxylic acids is 1. The lowest BCUT2D eigenvalue weighted by Crippen LogP contribution is -2.52. The molecule has 1 fully saturated rings. The molecule has 2 N–H and O–H groups in total. The van der Waals surface area contributed by atoms with Crippen molar-refractivity contribution in [2.75, 3.05) is 38.2 Å². The third-order valence-electron chi connectivity index (χ3n) is 4.61. The topological polar surface area (TPSA) is 53.6 Å². The van der Waals surface area contributed by atoms with Crippen LogP contribution in [0, 0.1) is 5.92 Å². The lowest BCUT2D eigenvalue weighted by Gasteiger charge is -2.38. The standard InChI is InChI=1S/C18H29N3O2/c1-3-15(4-2)17(21-10-12-23-13-11-21)14-19-18(22)20-16-8-6-5-7-9-16/h5-9,15,17H,3-4,10-14H2,1-2H3,(H2,19,20,22)/t17-/m1/s1. The molecule has 1 heterocycles. The fourth-order valence-electron chi connectivity index (χ4n) is 3.23. The Bertz CT molecular complexity index is 457. The van der Waals surface area contributed by atoms with E-state index in [2.05, 4.69) is 29.4 Å². The zero-order valence-corrected chi connectivity index (χ0v) is 14.3. The number of para-hydroxylation sites is 1. The number of ether oxygens (including phenoxy) is 1. The summed E-state index contributed by atoms with van der Waals surface area (Å²) in [5.74, 6) is 0.588. The molecule has 1 aromatic carbocycles. The highest BCUT2D eigenvalue weighted by Crippen LogP contribution is 2.19. The minimum atomic E-state index is -0.139. The molecule has 0 aliphatic carbocycles. The first-order valence-electron chi connectivity index (χ1n) is 8.66. The molecule has 0 radical (unpaired) electrons. The Morgan fingerprint density at radius 3 is 2.43 bits per heavy atom. The Morgan fingerprint density at radius 1 is 1.17 bits per heavy atom. The molecule has 5 heteroatoms. The first-order chi connectivity index (χ1) is 11.2. The molecular formula is C18H29N3O2. The Balaban J connectivity index is 1.90. The first-order valence-corrected chi connectivity index (χ1v) is 8.66. The van der Waals surface area contributed by atoms with Gasteiger partial charge < -0.3 is 15.4 Å². The van der Waals surface area contributed by atoms with E-state index in [0.717, 1.165) is 44.8 Å². The summed E-state index contributed by atoms with van der Waals surface area (Å²) < 4.78 is 5.46. The quantitative estimate of drug-likeness (QED) is 0.812. The molecule has 2 rings (SSSR count). The van der Waals surface area contributed by atoms with Crippen molar-refractivity contribution < 1.29 is 9.53 Å². The van der Waals surface area contributed by atoms with Gasteiger partial charge in [0.25, 0.3) is 0 Å². The third kappa shape index (κ3) is 5.52. The summed E-state index contributed by atoms with van der Waals surface area (Å²) in [5, 5.41) is 5.93. The smallest absolute Gasteiger partial charge is 0.319 e. The lowest BCUT2D eigenvalue weighted by atomic mass is 9.92. The highest BCUT2D eigenvalue weighted by atomic mass is 16.5. The average Bonchev–Trinajstić information content (AvgIpc) is 2.60. The largest absolute Gasteiger partial charge is 0.379 e. The van der Waals surface area contributed by atoms with Crippen LogP contribution in [0.4, 0.5) is 10.5 Å². The summed E-state index contributed by atoms with van der Waals surface area (Å²) in [7, 11) is 0. The van der Waals surface area contributed by atoms with Crippen molar-refractivity contribution >= 4 is 11.7 Å². The first kappa shape index (κ1) is 17.8. The molecule has 0 unspecified atom stereocenters. The molecule has 2 amide bonds. The van der Waals surface area contributed by atoms with Crippen LogP contribution in [0.2, 0.25) is 0 Å². The Labute approximate surface area is 139 Å². The Kier molecular flexibility index (Phi) is 7.36. The summed E-state index contributed by atoms with van der Waals surface area (Å²) >= 11 is 0. The van der Waals surface area contributed by atoms with Gasteiger partial charge in [-0.2, -0.15) is 0 Å². The number of rotatable bonds is 7. The third-order valence-corrected chi connectivity index (χ3v) is 4.61. The maximum atomic E-state index is 12.1. The maximum absolute atomic E-state index is 12.1. The van der Waals surface area contributed by atoms with E-state index in [0.29, 0.717) is 18.5 Å². The van der Waals surface area contributed by atoms with Crippen LogP contribution in [0.15, 0.2) is 30.3 Å². The van der Waals surface area contributed by atoms with Crippen molar-refractivity contribution in [3.63, 3.8) is 0 Å². The van der Waals surface area contributed by atoms with E-state index in [1.807, 2.05) is 30.3 Å². The fraction of sp³-hybridized carbons (Fsp3) is 0.611. The molecule has 128 valence electrons. The maximum Gasteiger partial charge on any atom is 0.319 e. The van der Waals surface area contributed by atoms with Crippen molar-refractivity contribution in [1.82, 2.24) is 10.2 Å². The van der Waals surface area contributed by atoms with Crippen LogP contribution >= 0.6 is 0 Å². The van der Waals surface area contributed by atoms with Gasteiger partial charge in [-0.25, -0.2) is 4.79 Å². The molecule has 23 heavy (non-hydrogen) atoms. The fourth-order valence-corrected chi connectivity index (χ4v) is 3.23. The van der Waals surface area contributed by atoms with Crippen LogP contribution in [0.25, 0.3) is 0 Å². The number of amides is 2. The molecule has 1 saturated heterocycles. The van der Waals surface area contributed by atoms with E-state index in [1.165, 1.54) is 0 Å². The van der Waals surface area contributed by atoms with Crippen LogP contribution < -0.4 is 10.6 Å². The molecule has 1 aliphatic heterocycles. The normalized spacial score (nSPS) is 17.0. The number of nitrogens with one attached hydrogen (secondary N) is 2. The molecule has 0 aromatic heterocycles. The van der Waals surface area contributed by atoms with Gasteiger partial charge in [0.1, 0.15) is 0 Å². The van der Waals surface area contributed by atoms with E-state index in [4.69, 9.17) is 4.74 Å². The van der Waals surface area contributed by atoms with E-state index in [9.17, 15) is 4.79 Å². The van der Waals surface area contributed by atoms with Gasteiger partial charge in [-0.1, -0.05) is 44.9 Å². The number of morpholine rings is 1. The minimum absolute atomic E-state index is 0.139. The number of nitrogens with zero attached hydrogens (tertiary/aromatic N) is 1. The van der Waals surface area contributed by atoms with Gasteiger partial charge in [-0.3, -0.25) is 4.90 Å². The Morgan fingerprint density at radius 2 is 1.83 bits per heavy atom. The SMILES string of the molecule is CCC(CC)[C@@H](CNC(=O)Nc1ccccc1)N1CCOCC1. The van der Waals surface area contributed by atoms with Crippen LogP contribution in [-0.4, -0.2) is 49.8 Å². The molecule has 1 aliphatic rings. The van der Waals surface area contributed by atoms with E-state index in [1.54, 1.807) is 0 Å². The van der Waals surface area contributed by atoms with Crippen molar-refractivity contribution in [1.29, 1.82) is 0 Å². The predicted octanol–water partition coefficient (Wildman–Crippen LogP) is 2.95. The van der Waals surface area contributed by atoms with Crippen LogP contribution in [-0.2, 0) is 4.74 Å². The van der Waals surface area contributed by atoms with Gasteiger partial charge in [-0.15, -0.1) is 0 Å². The summed E-state index contributed by atoms with van der Waals surface area (Å²) in [6, 6.07) is 9.77. The second kappa shape index (κ2) is 9.53. The lowest BCUT2D eigenvalue weighted by molar-refractivity contribution is 0.00247. The summed E-state index contributed by atoms with van der Waals surface area (Å²) in [4.78, 5) is 14.6. The summed E-state index contributed by atoms with van der Waals surface area (Å²) in [6.07, 6.45) is 2.25. The van der Waals surface area contributed by atoms with E-state index < -0.39 is 0 Å². The Hall–Kier alpha value is -1.59. The summed E-state index contributed by atoms with van der Waals surface area (Å²) in [6.45, 7) is 8.59. The molecule has 0 bridgehead atoms. The van der Waals surface area contributed by atoms with Crippen LogP contribution in [0.3, 0.4) is 0 Å². The van der Waals surface area contributed by atoms with E-state index >= 15 is 0 Å². The number of anilines is 1. The molecule has 5 nitrogen and oxygen atoms in total. The zero-order chi connectivity index (χ0) is 16.5. The van der Waals surface area contributed by atoms with Gasteiger partial charge in [0.2, 0.25) is 0 Å². The average molecular weight is 319 g/mol. The molecule has 0 spiro atoms. The van der Waals surface area contributed by atoms with Gasteiger partial charge in [-0.05, 0) is 18.1 Å². The second-order valence-corrected chi connectivity index (χ2v) is 5.99. The highest BCUT2D eigenvalue weighted by Gasteiger charge is 2.27. The highest BCUT2D eigenvalue weighted by molar-refractivity contribution is 5.89. The van der Waals surface area contributed by atoms with Gasteiger partial charge in [0, 0.05) is 31.4 Å². The van der Waals surface area contributed by atoms with E-state index in [-0.39, 0.29) is 6.03 Å². The van der Waals surface area contributed by atoms with Crippen LogP contribution in [0.1, 0.15) is 26.7 Å². The second-order valence-electron chi connectivity index (χ2n) is 5.99. The van der Waals surface area contributed by atoms with Gasteiger partial charge in [0.15, 0.2) is 0 Å².